The lowest BCUT2D eigenvalue weighted by Gasteiger charge is -2.35. The van der Waals surface area contributed by atoms with E-state index >= 15 is 0 Å². The molecule has 3 N–H and O–H groups in total. The van der Waals surface area contributed by atoms with Crippen LogP contribution in [0, 0.1) is 5.92 Å². The molecule has 1 fully saturated rings. The van der Waals surface area contributed by atoms with Crippen molar-refractivity contribution < 1.29 is 4.79 Å². The number of nitrogens with zero attached hydrogens (tertiary/aromatic N) is 1. The van der Waals surface area contributed by atoms with Gasteiger partial charge in [-0.15, -0.1) is 0 Å². The number of carbonyl (C=O) groups excluding carboxylic acids is 1. The van der Waals surface area contributed by atoms with E-state index in [-0.39, 0.29) is 5.91 Å². The molecule has 0 spiro atoms. The highest BCUT2D eigenvalue weighted by Gasteiger charge is 2.23. The molecule has 1 aliphatic heterocycles. The third-order valence-corrected chi connectivity index (χ3v) is 2.89. The quantitative estimate of drug-likeness (QED) is 0.659. The number of piperidine rings is 1. The molecule has 0 aromatic carbocycles. The van der Waals surface area contributed by atoms with Crippen LogP contribution < -0.4 is 11.1 Å². The molecule has 1 aliphatic rings. The maximum atomic E-state index is 10.5. The van der Waals surface area contributed by atoms with E-state index in [1.807, 2.05) is 0 Å². The lowest BCUT2D eigenvalue weighted by Crippen LogP contribution is -2.47. The minimum Gasteiger partial charge on any atom is -0.370 e. The molecule has 4 heteroatoms. The summed E-state index contributed by atoms with van der Waals surface area (Å²) >= 11 is 0. The highest BCUT2D eigenvalue weighted by molar-refractivity contribution is 5.73. The molecular formula is C10H21N3O. The van der Waals surface area contributed by atoms with Gasteiger partial charge in [0.15, 0.2) is 0 Å². The largest absolute Gasteiger partial charge is 0.370 e. The van der Waals surface area contributed by atoms with Gasteiger partial charge in [-0.3, -0.25) is 4.79 Å². The molecule has 1 amide bonds. The second-order valence-electron chi connectivity index (χ2n) is 4.31. The second kappa shape index (κ2) is 5.32. The molecule has 0 saturated carbocycles. The Labute approximate surface area is 85.8 Å². The van der Waals surface area contributed by atoms with Crippen molar-refractivity contribution in [3.05, 3.63) is 0 Å². The predicted octanol–water partition coefficient (Wildman–Crippen LogP) is -0.208. The van der Waals surface area contributed by atoms with Gasteiger partial charge in [0.05, 0.1) is 0 Å². The number of hydrogen-bond acceptors (Lipinski definition) is 3. The SMILES string of the molecule is CC1CN(C)CCC1NCCC(N)=O. The first kappa shape index (κ1) is 11.5. The molecule has 0 aliphatic carbocycles. The Balaban J connectivity index is 2.20. The van der Waals surface area contributed by atoms with Crippen molar-refractivity contribution in [3.63, 3.8) is 0 Å². The molecule has 2 atom stereocenters. The van der Waals surface area contributed by atoms with Gasteiger partial charge >= 0.3 is 0 Å². The van der Waals surface area contributed by atoms with Crippen LogP contribution in [0.15, 0.2) is 0 Å². The van der Waals surface area contributed by atoms with Crippen LogP contribution in [-0.2, 0) is 4.79 Å². The Hall–Kier alpha value is -0.610. The Morgan fingerprint density at radius 3 is 2.93 bits per heavy atom. The van der Waals surface area contributed by atoms with Gasteiger partial charge in [0.25, 0.3) is 0 Å². The summed E-state index contributed by atoms with van der Waals surface area (Å²) in [5.74, 6) is 0.430. The number of carbonyl (C=O) groups is 1. The fourth-order valence-corrected chi connectivity index (χ4v) is 2.04. The summed E-state index contributed by atoms with van der Waals surface area (Å²) in [4.78, 5) is 12.9. The summed E-state index contributed by atoms with van der Waals surface area (Å²) in [6.07, 6.45) is 1.61. The molecule has 0 radical (unpaired) electrons. The molecule has 1 rings (SSSR count). The van der Waals surface area contributed by atoms with Crippen LogP contribution in [-0.4, -0.2) is 43.5 Å². The average molecular weight is 199 g/mol. The van der Waals surface area contributed by atoms with Crippen molar-refractivity contribution in [1.29, 1.82) is 0 Å². The minimum absolute atomic E-state index is 0.224. The first-order valence-corrected chi connectivity index (χ1v) is 5.30. The fraction of sp³-hybridized carbons (Fsp3) is 0.900. The smallest absolute Gasteiger partial charge is 0.218 e. The van der Waals surface area contributed by atoms with E-state index in [2.05, 4.69) is 24.2 Å². The highest BCUT2D eigenvalue weighted by atomic mass is 16.1. The van der Waals surface area contributed by atoms with E-state index in [9.17, 15) is 4.79 Å². The molecular weight excluding hydrogens is 178 g/mol. The zero-order valence-electron chi connectivity index (χ0n) is 9.12. The van der Waals surface area contributed by atoms with Crippen molar-refractivity contribution in [2.24, 2.45) is 11.7 Å². The number of rotatable bonds is 4. The Bertz CT molecular complexity index is 196. The Morgan fingerprint density at radius 1 is 1.64 bits per heavy atom. The summed E-state index contributed by atoms with van der Waals surface area (Å²) in [6.45, 7) is 5.23. The van der Waals surface area contributed by atoms with Crippen molar-refractivity contribution in [3.8, 4) is 0 Å². The summed E-state index contributed by atoms with van der Waals surface area (Å²) in [7, 11) is 2.15. The van der Waals surface area contributed by atoms with Gasteiger partial charge in [-0.2, -0.15) is 0 Å². The van der Waals surface area contributed by atoms with Crippen LogP contribution in [0.4, 0.5) is 0 Å². The maximum absolute atomic E-state index is 10.5. The van der Waals surface area contributed by atoms with Gasteiger partial charge in [-0.25, -0.2) is 0 Å². The maximum Gasteiger partial charge on any atom is 0.218 e. The summed E-state index contributed by atoms with van der Waals surface area (Å²) in [6, 6.07) is 0.547. The number of nitrogens with one attached hydrogen (secondary N) is 1. The second-order valence-corrected chi connectivity index (χ2v) is 4.31. The Kier molecular flexibility index (Phi) is 4.35. The average Bonchev–Trinajstić information content (AvgIpc) is 2.08. The molecule has 0 bridgehead atoms. The van der Waals surface area contributed by atoms with Gasteiger partial charge in [0.1, 0.15) is 0 Å². The molecule has 0 aromatic rings. The van der Waals surface area contributed by atoms with Crippen LogP contribution in [0.25, 0.3) is 0 Å². The zero-order chi connectivity index (χ0) is 10.6. The van der Waals surface area contributed by atoms with E-state index in [0.717, 1.165) is 19.5 Å². The van der Waals surface area contributed by atoms with Crippen LogP contribution in [0.1, 0.15) is 19.8 Å². The van der Waals surface area contributed by atoms with Crippen LogP contribution in [0.5, 0.6) is 0 Å². The first-order chi connectivity index (χ1) is 6.59. The third kappa shape index (κ3) is 3.64. The first-order valence-electron chi connectivity index (χ1n) is 5.30. The summed E-state index contributed by atoms with van der Waals surface area (Å²) in [5, 5.41) is 3.40. The molecule has 1 heterocycles. The summed E-state index contributed by atoms with van der Waals surface area (Å²) in [5.41, 5.74) is 5.08. The van der Waals surface area contributed by atoms with Crippen molar-refractivity contribution >= 4 is 5.91 Å². The normalized spacial score (nSPS) is 29.0. The van der Waals surface area contributed by atoms with Gasteiger partial charge in [0, 0.05) is 25.6 Å². The topological polar surface area (TPSA) is 58.4 Å². The molecule has 1 saturated heterocycles. The van der Waals surface area contributed by atoms with Crippen molar-refractivity contribution in [2.45, 2.75) is 25.8 Å². The van der Waals surface area contributed by atoms with Crippen LogP contribution in [0.3, 0.4) is 0 Å². The number of hydrogen-bond donors (Lipinski definition) is 2. The monoisotopic (exact) mass is 199 g/mol. The minimum atomic E-state index is -0.224. The van der Waals surface area contributed by atoms with Gasteiger partial charge in [-0.1, -0.05) is 6.92 Å². The molecule has 2 unspecified atom stereocenters. The van der Waals surface area contributed by atoms with Crippen molar-refractivity contribution in [1.82, 2.24) is 10.2 Å². The van der Waals surface area contributed by atoms with Crippen LogP contribution >= 0.6 is 0 Å². The van der Waals surface area contributed by atoms with Gasteiger partial charge < -0.3 is 16.0 Å². The third-order valence-electron chi connectivity index (χ3n) is 2.89. The predicted molar refractivity (Wildman–Crippen MR) is 56.9 cm³/mol. The van der Waals surface area contributed by atoms with Crippen molar-refractivity contribution in [2.75, 3.05) is 26.7 Å². The van der Waals surface area contributed by atoms with Gasteiger partial charge in [-0.05, 0) is 25.9 Å². The van der Waals surface area contributed by atoms with E-state index in [1.165, 1.54) is 0 Å². The van der Waals surface area contributed by atoms with E-state index in [4.69, 9.17) is 5.73 Å². The van der Waals surface area contributed by atoms with E-state index in [1.54, 1.807) is 0 Å². The number of likely N-dealkylation sites (tertiary alicyclic amines) is 1. The zero-order valence-corrected chi connectivity index (χ0v) is 9.12. The van der Waals surface area contributed by atoms with Gasteiger partial charge in [0.2, 0.25) is 5.91 Å². The number of primary amides is 1. The number of nitrogens with two attached hydrogens (primary N) is 1. The fourth-order valence-electron chi connectivity index (χ4n) is 2.04. The molecule has 82 valence electrons. The lowest BCUT2D eigenvalue weighted by molar-refractivity contribution is -0.117. The van der Waals surface area contributed by atoms with E-state index in [0.29, 0.717) is 24.9 Å². The number of amides is 1. The Morgan fingerprint density at radius 2 is 2.36 bits per heavy atom. The van der Waals surface area contributed by atoms with Crippen LogP contribution in [0.2, 0.25) is 0 Å². The molecule has 0 aromatic heterocycles. The molecule has 14 heavy (non-hydrogen) atoms. The summed E-state index contributed by atoms with van der Waals surface area (Å²) < 4.78 is 0. The standard InChI is InChI=1S/C10H21N3O/c1-8-7-13(2)6-4-9(8)12-5-3-10(11)14/h8-9,12H,3-7H2,1-2H3,(H2,11,14). The molecule has 4 nitrogen and oxygen atoms in total. The lowest BCUT2D eigenvalue weighted by atomic mass is 9.94. The highest BCUT2D eigenvalue weighted by Crippen LogP contribution is 2.14. The van der Waals surface area contributed by atoms with E-state index < -0.39 is 0 Å².